The second-order valence-electron chi connectivity index (χ2n) is 8.55. The molecule has 0 fully saturated rings. The van der Waals surface area contributed by atoms with Gasteiger partial charge >= 0.3 is 0 Å². The highest BCUT2D eigenvalue weighted by Crippen LogP contribution is 2.30. The van der Waals surface area contributed by atoms with Crippen molar-refractivity contribution in [3.05, 3.63) is 77.3 Å². The van der Waals surface area contributed by atoms with E-state index in [1.807, 2.05) is 60.0 Å². The lowest BCUT2D eigenvalue weighted by atomic mass is 10.2. The Kier molecular flexibility index (Phi) is 11.5. The monoisotopic (exact) mass is 660 g/mol. The maximum Gasteiger partial charge on any atom is 0.238 e. The second-order valence-corrected chi connectivity index (χ2v) is 12.0. The smallest absolute Gasteiger partial charge is 0.238 e. The third-order valence-corrected chi connectivity index (χ3v) is 7.54. The fraction of sp³-hybridized carbons (Fsp3) is 0.185. The van der Waals surface area contributed by atoms with Gasteiger partial charge in [0.15, 0.2) is 11.0 Å². The summed E-state index contributed by atoms with van der Waals surface area (Å²) in [5, 5.41) is 17.1. The number of rotatable bonds is 10. The number of hydrogen-bond acceptors (Lipinski definition) is 8. The van der Waals surface area contributed by atoms with Gasteiger partial charge in [-0.25, -0.2) is 13.6 Å². The van der Waals surface area contributed by atoms with Gasteiger partial charge in [0.2, 0.25) is 22.3 Å². The number of benzene rings is 3. The first kappa shape index (κ1) is 31.8. The van der Waals surface area contributed by atoms with Gasteiger partial charge in [-0.05, 0) is 67.6 Å². The summed E-state index contributed by atoms with van der Waals surface area (Å²) >= 11 is 4.68. The Morgan fingerprint density at radius 3 is 2.20 bits per heavy atom. The SMILES string of the molecule is CCOc1ccc(-n2c(SCC(=O)Nc3ccc(S(N)(=O)=O)cc3)nnc2-c2ccc(Br)cc2)cc1.CN(C)C=O. The third kappa shape index (κ3) is 9.42. The highest BCUT2D eigenvalue weighted by Gasteiger charge is 2.18. The first-order chi connectivity index (χ1) is 19.5. The topological polar surface area (TPSA) is 150 Å². The van der Waals surface area contributed by atoms with Crippen molar-refractivity contribution in [2.75, 3.05) is 31.8 Å². The minimum absolute atomic E-state index is 0.0289. The van der Waals surface area contributed by atoms with Crippen LogP contribution in [0.1, 0.15) is 6.92 Å². The molecule has 0 atom stereocenters. The predicted molar refractivity (Wildman–Crippen MR) is 163 cm³/mol. The van der Waals surface area contributed by atoms with E-state index in [0.717, 1.165) is 27.9 Å². The summed E-state index contributed by atoms with van der Waals surface area (Å²) in [6, 6.07) is 20.9. The molecule has 0 bridgehead atoms. The third-order valence-electron chi connectivity index (χ3n) is 5.15. The van der Waals surface area contributed by atoms with Gasteiger partial charge in [-0.2, -0.15) is 0 Å². The van der Waals surface area contributed by atoms with Gasteiger partial charge in [-0.1, -0.05) is 39.8 Å². The van der Waals surface area contributed by atoms with E-state index >= 15 is 0 Å². The molecule has 0 unspecified atom stereocenters. The summed E-state index contributed by atoms with van der Waals surface area (Å²) in [6.07, 6.45) is 0.750. The number of halogens is 1. The van der Waals surface area contributed by atoms with Crippen LogP contribution in [-0.2, 0) is 19.6 Å². The van der Waals surface area contributed by atoms with Crippen LogP contribution in [0.3, 0.4) is 0 Å². The Morgan fingerprint density at radius 1 is 1.05 bits per heavy atom. The number of primary sulfonamides is 1. The molecular weight excluding hydrogens is 632 g/mol. The molecular formula is C27H29BrN6O5S2. The summed E-state index contributed by atoms with van der Waals surface area (Å²) in [6.45, 7) is 2.49. The molecule has 3 N–H and O–H groups in total. The van der Waals surface area contributed by atoms with E-state index in [9.17, 15) is 18.0 Å². The van der Waals surface area contributed by atoms with Crippen molar-refractivity contribution >= 4 is 55.7 Å². The molecule has 41 heavy (non-hydrogen) atoms. The molecule has 11 nitrogen and oxygen atoms in total. The molecule has 1 aromatic heterocycles. The Morgan fingerprint density at radius 2 is 1.66 bits per heavy atom. The number of nitrogens with zero attached hydrogens (tertiary/aromatic N) is 4. The fourth-order valence-electron chi connectivity index (χ4n) is 3.30. The molecule has 216 valence electrons. The minimum atomic E-state index is -3.80. The summed E-state index contributed by atoms with van der Waals surface area (Å²) in [4.78, 5) is 23.4. The maximum atomic E-state index is 12.6. The number of ether oxygens (including phenoxy) is 1. The van der Waals surface area contributed by atoms with E-state index in [4.69, 9.17) is 9.88 Å². The maximum absolute atomic E-state index is 12.6. The molecule has 14 heteroatoms. The fourth-order valence-corrected chi connectivity index (χ4v) is 4.83. The zero-order valence-corrected chi connectivity index (χ0v) is 25.7. The summed E-state index contributed by atoms with van der Waals surface area (Å²) in [5.74, 6) is 1.16. The number of carbonyl (C=O) groups excluding carboxylic acids is 2. The lowest BCUT2D eigenvalue weighted by molar-refractivity contribution is -0.116. The average Bonchev–Trinajstić information content (AvgIpc) is 3.37. The summed E-state index contributed by atoms with van der Waals surface area (Å²) in [7, 11) is -0.425. The summed E-state index contributed by atoms with van der Waals surface area (Å²) < 4.78 is 31.2. The molecule has 0 aliphatic rings. The molecule has 0 aliphatic heterocycles. The molecule has 0 saturated carbocycles. The van der Waals surface area contributed by atoms with Crippen LogP contribution in [0.5, 0.6) is 5.75 Å². The Labute approximate surface area is 251 Å². The van der Waals surface area contributed by atoms with Gasteiger partial charge in [-0.3, -0.25) is 14.2 Å². The lowest BCUT2D eigenvalue weighted by Gasteiger charge is -2.12. The molecule has 0 radical (unpaired) electrons. The Hall–Kier alpha value is -3.72. The van der Waals surface area contributed by atoms with Gasteiger partial charge < -0.3 is 15.0 Å². The number of nitrogens with two attached hydrogens (primary N) is 1. The van der Waals surface area contributed by atoms with Crippen molar-refractivity contribution in [3.8, 4) is 22.8 Å². The van der Waals surface area contributed by atoms with Gasteiger partial charge in [0, 0.05) is 35.5 Å². The zero-order valence-electron chi connectivity index (χ0n) is 22.5. The van der Waals surface area contributed by atoms with Crippen LogP contribution in [0.15, 0.2) is 87.3 Å². The molecule has 3 aromatic carbocycles. The number of hydrogen-bond donors (Lipinski definition) is 2. The zero-order chi connectivity index (χ0) is 30.0. The number of aromatic nitrogens is 3. The van der Waals surface area contributed by atoms with E-state index in [-0.39, 0.29) is 16.6 Å². The standard InChI is InChI=1S/C24H22BrN5O4S2.C3H7NO/c1-2-34-20-11-9-19(10-12-20)30-23(16-3-5-17(25)6-4-16)28-29-24(30)35-15-22(31)27-18-7-13-21(14-8-18)36(26,32)33;1-4(2)3-5/h3-14H,2,15H2,1H3,(H,27,31)(H2,26,32,33);3H,1-2H3. The van der Waals surface area contributed by atoms with E-state index < -0.39 is 10.0 Å². The van der Waals surface area contributed by atoms with Crippen molar-refractivity contribution in [2.24, 2.45) is 5.14 Å². The first-order valence-corrected chi connectivity index (χ1v) is 15.5. The number of thioether (sulfide) groups is 1. The molecule has 0 spiro atoms. The van der Waals surface area contributed by atoms with Crippen LogP contribution in [0.2, 0.25) is 0 Å². The number of anilines is 1. The second kappa shape index (κ2) is 14.8. The number of nitrogens with one attached hydrogen (secondary N) is 1. The molecule has 0 saturated heterocycles. The van der Waals surface area contributed by atoms with Gasteiger partial charge in [0.05, 0.1) is 17.3 Å². The Balaban J connectivity index is 0.000000850. The Bertz CT molecular complexity index is 1560. The highest BCUT2D eigenvalue weighted by atomic mass is 79.9. The summed E-state index contributed by atoms with van der Waals surface area (Å²) in [5.41, 5.74) is 2.14. The predicted octanol–water partition coefficient (Wildman–Crippen LogP) is 4.18. The molecule has 4 aromatic rings. The van der Waals surface area contributed by atoms with Gasteiger partial charge in [0.25, 0.3) is 0 Å². The highest BCUT2D eigenvalue weighted by molar-refractivity contribution is 9.10. The normalized spacial score (nSPS) is 10.8. The van der Waals surface area contributed by atoms with Crippen molar-refractivity contribution in [2.45, 2.75) is 17.0 Å². The molecule has 2 amide bonds. The van der Waals surface area contributed by atoms with Crippen LogP contribution in [-0.4, -0.2) is 66.9 Å². The van der Waals surface area contributed by atoms with E-state index in [1.165, 1.54) is 40.9 Å². The van der Waals surface area contributed by atoms with Crippen LogP contribution >= 0.6 is 27.7 Å². The molecule has 0 aliphatic carbocycles. The van der Waals surface area contributed by atoms with E-state index in [1.54, 1.807) is 14.1 Å². The van der Waals surface area contributed by atoms with Crippen molar-refractivity contribution in [3.63, 3.8) is 0 Å². The largest absolute Gasteiger partial charge is 0.494 e. The van der Waals surface area contributed by atoms with Crippen molar-refractivity contribution < 1.29 is 22.7 Å². The van der Waals surface area contributed by atoms with Gasteiger partial charge in [-0.15, -0.1) is 10.2 Å². The van der Waals surface area contributed by atoms with Crippen molar-refractivity contribution in [1.82, 2.24) is 19.7 Å². The van der Waals surface area contributed by atoms with Gasteiger partial charge in [0.1, 0.15) is 5.75 Å². The van der Waals surface area contributed by atoms with Crippen molar-refractivity contribution in [1.29, 1.82) is 0 Å². The average molecular weight is 662 g/mol. The first-order valence-electron chi connectivity index (χ1n) is 12.1. The number of carbonyl (C=O) groups is 2. The quantitative estimate of drug-likeness (QED) is 0.190. The van der Waals surface area contributed by atoms with Crippen LogP contribution in [0, 0.1) is 0 Å². The molecule has 1 heterocycles. The van der Waals surface area contributed by atoms with Crippen LogP contribution in [0.25, 0.3) is 17.1 Å². The van der Waals surface area contributed by atoms with E-state index in [2.05, 4.69) is 31.4 Å². The lowest BCUT2D eigenvalue weighted by Crippen LogP contribution is -2.15. The molecule has 4 rings (SSSR count). The number of amides is 2. The minimum Gasteiger partial charge on any atom is -0.494 e. The van der Waals surface area contributed by atoms with Crippen LogP contribution < -0.4 is 15.2 Å². The van der Waals surface area contributed by atoms with E-state index in [0.29, 0.717) is 23.3 Å². The van der Waals surface area contributed by atoms with Crippen LogP contribution in [0.4, 0.5) is 5.69 Å². The number of sulfonamides is 1.